The number of aromatic nitrogens is 1. The molecule has 0 atom stereocenters. The van der Waals surface area contributed by atoms with Crippen molar-refractivity contribution >= 4 is 49.2 Å². The molecule has 0 saturated heterocycles. The van der Waals surface area contributed by atoms with E-state index >= 15 is 0 Å². The van der Waals surface area contributed by atoms with Gasteiger partial charge in [-0.05, 0) is 43.3 Å². The zero-order valence-electron chi connectivity index (χ0n) is 15.2. The van der Waals surface area contributed by atoms with Gasteiger partial charge in [-0.15, -0.1) is 11.3 Å². The molecule has 2 aromatic carbocycles. The first kappa shape index (κ1) is 19.8. The molecule has 0 amide bonds. The van der Waals surface area contributed by atoms with Crippen molar-refractivity contribution in [3.63, 3.8) is 0 Å². The van der Waals surface area contributed by atoms with E-state index in [2.05, 4.69) is 19.2 Å². The number of methoxy groups -OCH3 is 2. The van der Waals surface area contributed by atoms with E-state index in [0.29, 0.717) is 5.69 Å². The standard InChI is InChI=1S/C18H16N2O6S2/c1-10-19-15-5-4-13(9-16(15)27-10)20-28(23,24)14-7-11(17(21)25-2)6-12(8-14)18(22)26-3/h4-9,20H,1-3H3. The van der Waals surface area contributed by atoms with E-state index in [1.165, 1.54) is 17.4 Å². The Morgan fingerprint density at radius 2 is 1.61 bits per heavy atom. The number of fused-ring (bicyclic) bond motifs is 1. The molecular formula is C18H16N2O6S2. The molecule has 1 N–H and O–H groups in total. The molecule has 1 heterocycles. The van der Waals surface area contributed by atoms with Gasteiger partial charge >= 0.3 is 11.9 Å². The highest BCUT2D eigenvalue weighted by molar-refractivity contribution is 7.92. The number of anilines is 1. The molecule has 0 bridgehead atoms. The van der Waals surface area contributed by atoms with Gasteiger partial charge in [0.2, 0.25) is 0 Å². The number of carbonyl (C=O) groups excluding carboxylic acids is 2. The number of aryl methyl sites for hydroxylation is 1. The van der Waals surface area contributed by atoms with Gasteiger partial charge in [0.25, 0.3) is 10.0 Å². The molecule has 0 saturated carbocycles. The third-order valence-electron chi connectivity index (χ3n) is 3.81. The largest absolute Gasteiger partial charge is 0.465 e. The van der Waals surface area contributed by atoms with Crippen molar-refractivity contribution < 1.29 is 27.5 Å². The van der Waals surface area contributed by atoms with E-state index in [0.717, 1.165) is 41.6 Å². The van der Waals surface area contributed by atoms with Crippen LogP contribution < -0.4 is 4.72 Å². The van der Waals surface area contributed by atoms with E-state index < -0.39 is 22.0 Å². The summed E-state index contributed by atoms with van der Waals surface area (Å²) in [5.74, 6) is -1.55. The summed E-state index contributed by atoms with van der Waals surface area (Å²) >= 11 is 1.44. The second kappa shape index (κ2) is 7.56. The minimum absolute atomic E-state index is 0.0840. The van der Waals surface area contributed by atoms with E-state index in [4.69, 9.17) is 0 Å². The lowest BCUT2D eigenvalue weighted by Gasteiger charge is -2.11. The Morgan fingerprint density at radius 1 is 1.00 bits per heavy atom. The van der Waals surface area contributed by atoms with Crippen LogP contribution in [0.15, 0.2) is 41.3 Å². The van der Waals surface area contributed by atoms with Crippen LogP contribution in [-0.4, -0.2) is 39.6 Å². The summed E-state index contributed by atoms with van der Waals surface area (Å²) in [5.41, 5.74) is 0.934. The molecule has 0 fully saturated rings. The maximum Gasteiger partial charge on any atom is 0.337 e. The Balaban J connectivity index is 2.03. The molecule has 8 nitrogen and oxygen atoms in total. The molecule has 0 aliphatic heterocycles. The lowest BCUT2D eigenvalue weighted by Crippen LogP contribution is -2.16. The number of esters is 2. The normalized spacial score (nSPS) is 11.2. The van der Waals surface area contributed by atoms with Crippen LogP contribution in [0.2, 0.25) is 0 Å². The second-order valence-corrected chi connectivity index (χ2v) is 8.67. The molecule has 0 aliphatic rings. The summed E-state index contributed by atoms with van der Waals surface area (Å²) in [7, 11) is -1.77. The van der Waals surface area contributed by atoms with Gasteiger partial charge in [0.1, 0.15) is 0 Å². The zero-order valence-corrected chi connectivity index (χ0v) is 16.8. The number of carbonyl (C=O) groups is 2. The van der Waals surface area contributed by atoms with E-state index in [9.17, 15) is 18.0 Å². The molecule has 0 aliphatic carbocycles. The number of thiazole rings is 1. The number of nitrogens with zero attached hydrogens (tertiary/aromatic N) is 1. The SMILES string of the molecule is COC(=O)c1cc(C(=O)OC)cc(S(=O)(=O)Nc2ccc3nc(C)sc3c2)c1. The molecule has 0 radical (unpaired) electrons. The minimum atomic E-state index is -4.08. The van der Waals surface area contributed by atoms with E-state index in [1.54, 1.807) is 18.2 Å². The van der Waals surface area contributed by atoms with Crippen LogP contribution in [0.25, 0.3) is 10.2 Å². The predicted molar refractivity (Wildman–Crippen MR) is 104 cm³/mol. The highest BCUT2D eigenvalue weighted by atomic mass is 32.2. The summed E-state index contributed by atoms with van der Waals surface area (Å²) < 4.78 is 38.2. The molecule has 146 valence electrons. The van der Waals surface area contributed by atoms with Crippen molar-refractivity contribution in [3.8, 4) is 0 Å². The summed E-state index contributed by atoms with van der Waals surface area (Å²) in [4.78, 5) is 27.8. The molecular weight excluding hydrogens is 404 g/mol. The minimum Gasteiger partial charge on any atom is -0.465 e. The van der Waals surface area contributed by atoms with E-state index in [1.807, 2.05) is 6.92 Å². The van der Waals surface area contributed by atoms with E-state index in [-0.39, 0.29) is 16.0 Å². The number of hydrogen-bond donors (Lipinski definition) is 1. The van der Waals surface area contributed by atoms with Gasteiger partial charge in [-0.2, -0.15) is 0 Å². The highest BCUT2D eigenvalue weighted by Crippen LogP contribution is 2.27. The van der Waals surface area contributed by atoms with Crippen LogP contribution in [-0.2, 0) is 19.5 Å². The van der Waals surface area contributed by atoms with Crippen molar-refractivity contribution in [2.75, 3.05) is 18.9 Å². The number of nitrogens with one attached hydrogen (secondary N) is 1. The number of ether oxygens (including phenoxy) is 2. The quantitative estimate of drug-likeness (QED) is 0.632. The van der Waals surface area contributed by atoms with Crippen LogP contribution >= 0.6 is 11.3 Å². The highest BCUT2D eigenvalue weighted by Gasteiger charge is 2.21. The lowest BCUT2D eigenvalue weighted by atomic mass is 10.1. The summed E-state index contributed by atoms with van der Waals surface area (Å²) in [6, 6.07) is 8.45. The summed E-state index contributed by atoms with van der Waals surface area (Å²) in [6.45, 7) is 1.86. The van der Waals surface area contributed by atoms with Crippen molar-refractivity contribution in [1.82, 2.24) is 4.98 Å². The summed E-state index contributed by atoms with van der Waals surface area (Å²) in [5, 5.41) is 0.864. The fourth-order valence-electron chi connectivity index (χ4n) is 2.54. The van der Waals surface area contributed by atoms with Gasteiger partial charge in [0.15, 0.2) is 0 Å². The van der Waals surface area contributed by atoms with Crippen LogP contribution in [0.1, 0.15) is 25.7 Å². The first-order valence-corrected chi connectivity index (χ1v) is 10.2. The molecule has 28 heavy (non-hydrogen) atoms. The molecule has 10 heteroatoms. The predicted octanol–water partition coefficient (Wildman–Crippen LogP) is 2.98. The van der Waals surface area contributed by atoms with Gasteiger partial charge in [-0.3, -0.25) is 4.72 Å². The fourth-order valence-corrected chi connectivity index (χ4v) is 4.53. The Labute approximate surface area is 165 Å². The Hall–Kier alpha value is -2.98. The van der Waals surface area contributed by atoms with Gasteiger partial charge in [-0.25, -0.2) is 23.0 Å². The average Bonchev–Trinajstić information content (AvgIpc) is 3.05. The maximum atomic E-state index is 12.8. The van der Waals surface area contributed by atoms with Crippen LogP contribution in [0.3, 0.4) is 0 Å². The Morgan fingerprint density at radius 3 is 2.18 bits per heavy atom. The third kappa shape index (κ3) is 3.97. The topological polar surface area (TPSA) is 112 Å². The number of benzene rings is 2. The van der Waals surface area contributed by atoms with Crippen molar-refractivity contribution in [2.24, 2.45) is 0 Å². The van der Waals surface area contributed by atoms with Crippen molar-refractivity contribution in [3.05, 3.63) is 52.5 Å². The monoisotopic (exact) mass is 420 g/mol. The van der Waals surface area contributed by atoms with Crippen molar-refractivity contribution in [1.29, 1.82) is 0 Å². The van der Waals surface area contributed by atoms with Gasteiger partial charge in [0.05, 0.1) is 51.2 Å². The smallest absolute Gasteiger partial charge is 0.337 e. The Bertz CT molecular complexity index is 1150. The second-order valence-electron chi connectivity index (χ2n) is 5.75. The number of sulfonamides is 1. The fraction of sp³-hybridized carbons (Fsp3) is 0.167. The summed E-state index contributed by atoms with van der Waals surface area (Å²) in [6.07, 6.45) is 0. The molecule has 0 spiro atoms. The lowest BCUT2D eigenvalue weighted by molar-refractivity contribution is 0.0598. The molecule has 0 unspecified atom stereocenters. The zero-order chi connectivity index (χ0) is 20.5. The first-order valence-electron chi connectivity index (χ1n) is 7.95. The van der Waals surface area contributed by atoms with Crippen LogP contribution in [0.4, 0.5) is 5.69 Å². The van der Waals surface area contributed by atoms with Gasteiger partial charge in [-0.1, -0.05) is 0 Å². The average molecular weight is 420 g/mol. The van der Waals surface area contributed by atoms with Gasteiger partial charge in [0, 0.05) is 0 Å². The third-order valence-corrected chi connectivity index (χ3v) is 6.10. The number of hydrogen-bond acceptors (Lipinski definition) is 8. The first-order chi connectivity index (χ1) is 13.2. The van der Waals surface area contributed by atoms with Crippen LogP contribution in [0, 0.1) is 6.92 Å². The van der Waals surface area contributed by atoms with Gasteiger partial charge < -0.3 is 9.47 Å². The van der Waals surface area contributed by atoms with Crippen LogP contribution in [0.5, 0.6) is 0 Å². The molecule has 3 rings (SSSR count). The van der Waals surface area contributed by atoms with Crippen molar-refractivity contribution in [2.45, 2.75) is 11.8 Å². The Kier molecular flexibility index (Phi) is 5.34. The maximum absolute atomic E-state index is 12.8. The molecule has 1 aromatic heterocycles. The number of rotatable bonds is 5. The molecule has 3 aromatic rings.